The van der Waals surface area contributed by atoms with Crippen LogP contribution in [0.15, 0.2) is 30.6 Å². The van der Waals surface area contributed by atoms with E-state index >= 15 is 0 Å². The first-order chi connectivity index (χ1) is 13.3. The summed E-state index contributed by atoms with van der Waals surface area (Å²) in [5.41, 5.74) is 8.33. The van der Waals surface area contributed by atoms with Gasteiger partial charge in [-0.1, -0.05) is 18.2 Å². The molecule has 0 unspecified atom stereocenters. The van der Waals surface area contributed by atoms with Crippen molar-refractivity contribution in [1.29, 1.82) is 0 Å². The first kappa shape index (κ1) is 19.3. The highest BCUT2D eigenvalue weighted by molar-refractivity contribution is 5.86. The number of ether oxygens (including phenoxy) is 1. The van der Waals surface area contributed by atoms with Crippen LogP contribution in [0, 0.1) is 6.92 Å². The molecule has 0 atom stereocenters. The van der Waals surface area contributed by atoms with Crippen molar-refractivity contribution in [2.24, 2.45) is 0 Å². The number of pyridine rings is 1. The molecule has 0 bridgehead atoms. The number of aromatic nitrogens is 4. The van der Waals surface area contributed by atoms with Gasteiger partial charge in [-0.25, -0.2) is 9.97 Å². The summed E-state index contributed by atoms with van der Waals surface area (Å²) in [4.78, 5) is 32.0. The van der Waals surface area contributed by atoms with E-state index in [1.165, 1.54) is 6.33 Å². The fraction of sp³-hybridized carbons (Fsp3) is 0.316. The number of likely N-dealkylation sites (N-methyl/N-ethyl adjacent to an activating group) is 2. The Morgan fingerprint density at radius 3 is 2.68 bits per heavy atom. The zero-order valence-electron chi connectivity index (χ0n) is 16.4. The third kappa shape index (κ3) is 4.25. The molecular weight excluding hydrogens is 358 g/mol. The van der Waals surface area contributed by atoms with Crippen molar-refractivity contribution in [1.82, 2.24) is 24.8 Å². The molecule has 3 rings (SSSR count). The summed E-state index contributed by atoms with van der Waals surface area (Å²) in [6.07, 6.45) is 1.29. The monoisotopic (exact) mass is 381 g/mol. The second kappa shape index (κ2) is 8.03. The van der Waals surface area contributed by atoms with Crippen LogP contribution in [-0.2, 0) is 11.4 Å². The van der Waals surface area contributed by atoms with Gasteiger partial charge >= 0.3 is 6.01 Å². The normalized spacial score (nSPS) is 10.7. The predicted molar refractivity (Wildman–Crippen MR) is 107 cm³/mol. The number of hydrogen-bond donors (Lipinski definition) is 1. The zero-order chi connectivity index (χ0) is 20.3. The maximum Gasteiger partial charge on any atom is 0.321 e. The van der Waals surface area contributed by atoms with Crippen LogP contribution in [0.4, 0.5) is 11.8 Å². The second-order valence-corrected chi connectivity index (χ2v) is 6.68. The molecule has 0 aliphatic carbocycles. The van der Waals surface area contributed by atoms with Gasteiger partial charge in [0.05, 0.1) is 12.1 Å². The lowest BCUT2D eigenvalue weighted by molar-refractivity contribution is -0.127. The molecule has 2 N–H and O–H groups in total. The molecule has 9 nitrogen and oxygen atoms in total. The summed E-state index contributed by atoms with van der Waals surface area (Å²) in [5.74, 6) is 0.733. The maximum absolute atomic E-state index is 12.2. The molecule has 1 amide bonds. The van der Waals surface area contributed by atoms with Crippen LogP contribution in [0.1, 0.15) is 11.1 Å². The Morgan fingerprint density at radius 2 is 1.96 bits per heavy atom. The number of hydrogen-bond acceptors (Lipinski definition) is 8. The van der Waals surface area contributed by atoms with Gasteiger partial charge in [-0.2, -0.15) is 9.97 Å². The molecule has 0 aliphatic rings. The molecule has 0 fully saturated rings. The lowest BCUT2D eigenvalue weighted by atomic mass is 10.1. The van der Waals surface area contributed by atoms with Gasteiger partial charge in [0.1, 0.15) is 18.8 Å². The Balaban J connectivity index is 1.97. The summed E-state index contributed by atoms with van der Waals surface area (Å²) < 4.78 is 5.69. The molecule has 3 aromatic rings. The molecule has 28 heavy (non-hydrogen) atoms. The minimum atomic E-state index is -0.0220. The van der Waals surface area contributed by atoms with E-state index in [1.54, 1.807) is 19.0 Å². The van der Waals surface area contributed by atoms with Crippen molar-refractivity contribution >= 4 is 28.6 Å². The summed E-state index contributed by atoms with van der Waals surface area (Å²) in [6.45, 7) is 2.38. The first-order valence-electron chi connectivity index (χ1n) is 8.73. The van der Waals surface area contributed by atoms with Gasteiger partial charge < -0.3 is 20.3 Å². The van der Waals surface area contributed by atoms with Crippen LogP contribution in [-0.4, -0.2) is 58.4 Å². The van der Waals surface area contributed by atoms with E-state index < -0.39 is 0 Å². The molecule has 0 saturated carbocycles. The molecule has 0 saturated heterocycles. The SMILES string of the molecule is Cc1cccc2cc(COc3ncnc(N)n3)c(N(C)CC(=O)N(C)C)nc12. The van der Waals surface area contributed by atoms with E-state index in [-0.39, 0.29) is 31.0 Å². The van der Waals surface area contributed by atoms with Crippen molar-refractivity contribution in [2.75, 3.05) is 38.3 Å². The number of rotatable bonds is 6. The first-order valence-corrected chi connectivity index (χ1v) is 8.73. The van der Waals surface area contributed by atoms with Crippen LogP contribution in [0.25, 0.3) is 10.9 Å². The molecule has 9 heteroatoms. The highest BCUT2D eigenvalue weighted by Gasteiger charge is 2.17. The van der Waals surface area contributed by atoms with Crippen molar-refractivity contribution in [3.8, 4) is 6.01 Å². The number of nitrogens with zero attached hydrogens (tertiary/aromatic N) is 6. The number of carbonyl (C=O) groups excluding carboxylic acids is 1. The Hall–Kier alpha value is -3.49. The minimum absolute atomic E-state index is 0.0220. The van der Waals surface area contributed by atoms with Gasteiger partial charge in [-0.15, -0.1) is 0 Å². The van der Waals surface area contributed by atoms with E-state index in [9.17, 15) is 4.79 Å². The smallest absolute Gasteiger partial charge is 0.321 e. The maximum atomic E-state index is 12.2. The van der Waals surface area contributed by atoms with Crippen LogP contribution in [0.2, 0.25) is 0 Å². The number of para-hydroxylation sites is 1. The number of nitrogens with two attached hydrogens (primary N) is 1. The summed E-state index contributed by atoms with van der Waals surface area (Å²) in [7, 11) is 5.28. The molecule has 1 aromatic carbocycles. The lowest BCUT2D eigenvalue weighted by Crippen LogP contribution is -2.35. The van der Waals surface area contributed by atoms with Crippen LogP contribution in [0.3, 0.4) is 0 Å². The Labute approximate surface area is 163 Å². The lowest BCUT2D eigenvalue weighted by Gasteiger charge is -2.23. The molecule has 146 valence electrons. The molecule has 2 heterocycles. The number of benzene rings is 1. The third-order valence-electron chi connectivity index (χ3n) is 4.26. The van der Waals surface area contributed by atoms with Gasteiger partial charge in [-0.3, -0.25) is 4.79 Å². The van der Waals surface area contributed by atoms with E-state index in [2.05, 4.69) is 15.0 Å². The van der Waals surface area contributed by atoms with Gasteiger partial charge in [0, 0.05) is 32.1 Å². The standard InChI is InChI=1S/C19H23N7O2/c1-12-6-5-7-13-8-14(10-28-19-22-11-21-18(20)24-19)17(23-16(12)13)26(4)9-15(27)25(2)3/h5-8,11H,9-10H2,1-4H3,(H2,20,21,22,24). The number of anilines is 2. The minimum Gasteiger partial charge on any atom is -0.458 e. The third-order valence-corrected chi connectivity index (χ3v) is 4.26. The topological polar surface area (TPSA) is 110 Å². The molecular formula is C19H23N7O2. The number of nitrogen functional groups attached to an aromatic ring is 1. The zero-order valence-corrected chi connectivity index (χ0v) is 16.4. The average Bonchev–Trinajstić information content (AvgIpc) is 2.66. The highest BCUT2D eigenvalue weighted by Crippen LogP contribution is 2.26. The van der Waals surface area contributed by atoms with Gasteiger partial charge in [0.2, 0.25) is 11.9 Å². The molecule has 2 aromatic heterocycles. The van der Waals surface area contributed by atoms with Crippen molar-refractivity contribution in [3.05, 3.63) is 41.7 Å². The van der Waals surface area contributed by atoms with E-state index in [0.29, 0.717) is 5.82 Å². The van der Waals surface area contributed by atoms with E-state index in [0.717, 1.165) is 22.0 Å². The number of fused-ring (bicyclic) bond motifs is 1. The fourth-order valence-electron chi connectivity index (χ4n) is 2.74. The van der Waals surface area contributed by atoms with Crippen LogP contribution in [0.5, 0.6) is 6.01 Å². The van der Waals surface area contributed by atoms with Crippen molar-refractivity contribution < 1.29 is 9.53 Å². The van der Waals surface area contributed by atoms with Crippen molar-refractivity contribution in [3.63, 3.8) is 0 Å². The number of aryl methyl sites for hydroxylation is 1. The second-order valence-electron chi connectivity index (χ2n) is 6.68. The largest absolute Gasteiger partial charge is 0.458 e. The van der Waals surface area contributed by atoms with E-state index in [1.807, 2.05) is 43.1 Å². The summed E-state index contributed by atoms with van der Waals surface area (Å²) in [6, 6.07) is 8.12. The highest BCUT2D eigenvalue weighted by atomic mass is 16.5. The molecule has 0 spiro atoms. The Morgan fingerprint density at radius 1 is 1.18 bits per heavy atom. The van der Waals surface area contributed by atoms with Crippen LogP contribution >= 0.6 is 0 Å². The summed E-state index contributed by atoms with van der Waals surface area (Å²) >= 11 is 0. The van der Waals surface area contributed by atoms with E-state index in [4.69, 9.17) is 15.5 Å². The average molecular weight is 381 g/mol. The predicted octanol–water partition coefficient (Wildman–Crippen LogP) is 1.41. The number of carbonyl (C=O) groups is 1. The Kier molecular flexibility index (Phi) is 5.53. The number of amides is 1. The van der Waals surface area contributed by atoms with Gasteiger partial charge in [-0.05, 0) is 18.6 Å². The van der Waals surface area contributed by atoms with Gasteiger partial charge in [0.25, 0.3) is 0 Å². The molecule has 0 radical (unpaired) electrons. The van der Waals surface area contributed by atoms with Gasteiger partial charge in [0.15, 0.2) is 0 Å². The fourth-order valence-corrected chi connectivity index (χ4v) is 2.74. The quantitative estimate of drug-likeness (QED) is 0.682. The Bertz CT molecular complexity index is 1010. The molecule has 0 aliphatic heterocycles. The summed E-state index contributed by atoms with van der Waals surface area (Å²) in [5, 5.41) is 0.991. The van der Waals surface area contributed by atoms with Crippen LogP contribution < -0.4 is 15.4 Å². The van der Waals surface area contributed by atoms with Crippen molar-refractivity contribution in [2.45, 2.75) is 13.5 Å².